The molecule has 4 heteroatoms. The summed E-state index contributed by atoms with van der Waals surface area (Å²) in [4.78, 5) is 7.92. The van der Waals surface area contributed by atoms with Gasteiger partial charge in [0.15, 0.2) is 5.13 Å². The zero-order chi connectivity index (χ0) is 10.8. The predicted molar refractivity (Wildman–Crippen MR) is 63.4 cm³/mol. The number of hydrogen-bond acceptors (Lipinski definition) is 4. The molecule has 0 aliphatic carbocycles. The van der Waals surface area contributed by atoms with Gasteiger partial charge < -0.3 is 10.0 Å². The summed E-state index contributed by atoms with van der Waals surface area (Å²) in [6.45, 7) is 5.46. The average Bonchev–Trinajstić information content (AvgIpc) is 2.60. The van der Waals surface area contributed by atoms with Crippen LogP contribution >= 0.6 is 11.3 Å². The Morgan fingerprint density at radius 2 is 2.33 bits per heavy atom. The topological polar surface area (TPSA) is 36.4 Å². The second kappa shape index (κ2) is 4.49. The Labute approximate surface area is 94.8 Å². The summed E-state index contributed by atoms with van der Waals surface area (Å²) < 4.78 is 0. The smallest absolute Gasteiger partial charge is 0.186 e. The van der Waals surface area contributed by atoms with Gasteiger partial charge in [0.2, 0.25) is 0 Å². The first kappa shape index (κ1) is 10.9. The van der Waals surface area contributed by atoms with E-state index in [9.17, 15) is 0 Å². The minimum absolute atomic E-state index is 0.117. The van der Waals surface area contributed by atoms with E-state index in [0.29, 0.717) is 6.04 Å². The number of piperidine rings is 1. The number of thiazole rings is 1. The molecule has 1 aromatic rings. The van der Waals surface area contributed by atoms with Crippen molar-refractivity contribution >= 4 is 16.5 Å². The number of nitrogens with zero attached hydrogens (tertiary/aromatic N) is 2. The van der Waals surface area contributed by atoms with E-state index in [4.69, 9.17) is 5.11 Å². The van der Waals surface area contributed by atoms with Crippen LogP contribution in [0.4, 0.5) is 5.13 Å². The molecule has 0 saturated carbocycles. The minimum atomic E-state index is 0.117. The number of anilines is 1. The molecule has 0 spiro atoms. The number of hydrogen-bond donors (Lipinski definition) is 1. The van der Waals surface area contributed by atoms with E-state index in [2.05, 4.69) is 16.8 Å². The molecule has 0 bridgehead atoms. The highest BCUT2D eigenvalue weighted by atomic mass is 32.1. The summed E-state index contributed by atoms with van der Waals surface area (Å²) in [5.74, 6) is 0. The fourth-order valence-electron chi connectivity index (χ4n) is 2.06. The van der Waals surface area contributed by atoms with Gasteiger partial charge >= 0.3 is 0 Å². The lowest BCUT2D eigenvalue weighted by Gasteiger charge is -2.33. The number of aliphatic hydroxyl groups is 1. The second-order valence-electron chi connectivity index (χ2n) is 4.20. The molecule has 1 aliphatic rings. The Morgan fingerprint density at radius 1 is 1.53 bits per heavy atom. The lowest BCUT2D eigenvalue weighted by Crippen LogP contribution is -2.37. The monoisotopic (exact) mass is 226 g/mol. The lowest BCUT2D eigenvalue weighted by atomic mass is 10.1. The van der Waals surface area contributed by atoms with E-state index < -0.39 is 0 Å². The molecule has 1 fully saturated rings. The first-order valence-electron chi connectivity index (χ1n) is 5.56. The quantitative estimate of drug-likeness (QED) is 0.840. The molecule has 15 heavy (non-hydrogen) atoms. The average molecular weight is 226 g/mol. The number of rotatable bonds is 2. The van der Waals surface area contributed by atoms with E-state index in [-0.39, 0.29) is 6.61 Å². The van der Waals surface area contributed by atoms with Gasteiger partial charge in [-0.3, -0.25) is 0 Å². The van der Waals surface area contributed by atoms with E-state index in [1.54, 1.807) is 11.3 Å². The highest BCUT2D eigenvalue weighted by molar-refractivity contribution is 7.15. The minimum Gasteiger partial charge on any atom is -0.391 e. The van der Waals surface area contributed by atoms with Crippen LogP contribution in [0.1, 0.15) is 36.8 Å². The maximum atomic E-state index is 9.15. The molecule has 1 aromatic heterocycles. The van der Waals surface area contributed by atoms with Crippen molar-refractivity contribution in [1.82, 2.24) is 4.98 Å². The van der Waals surface area contributed by atoms with Crippen molar-refractivity contribution in [2.24, 2.45) is 0 Å². The van der Waals surface area contributed by atoms with Crippen molar-refractivity contribution < 1.29 is 5.11 Å². The normalized spacial score (nSPS) is 22.1. The van der Waals surface area contributed by atoms with Crippen LogP contribution in [0.5, 0.6) is 0 Å². The molecule has 0 aromatic carbocycles. The van der Waals surface area contributed by atoms with Crippen LogP contribution in [-0.2, 0) is 6.61 Å². The SMILES string of the molecule is Cc1nc(N2CCCCC2C)sc1CO. The highest BCUT2D eigenvalue weighted by Crippen LogP contribution is 2.30. The van der Waals surface area contributed by atoms with Gasteiger partial charge in [-0.2, -0.15) is 0 Å². The maximum absolute atomic E-state index is 9.15. The Hall–Kier alpha value is -0.610. The van der Waals surface area contributed by atoms with Crippen molar-refractivity contribution in [3.8, 4) is 0 Å². The molecule has 2 rings (SSSR count). The van der Waals surface area contributed by atoms with Crippen molar-refractivity contribution in [3.63, 3.8) is 0 Å². The molecule has 3 nitrogen and oxygen atoms in total. The van der Waals surface area contributed by atoms with Crippen LogP contribution in [0.25, 0.3) is 0 Å². The summed E-state index contributed by atoms with van der Waals surface area (Å²) in [5.41, 5.74) is 0.982. The van der Waals surface area contributed by atoms with Gasteiger partial charge in [-0.15, -0.1) is 0 Å². The lowest BCUT2D eigenvalue weighted by molar-refractivity contribution is 0.284. The predicted octanol–water partition coefficient (Wildman–Crippen LogP) is 2.32. The number of aryl methyl sites for hydroxylation is 1. The van der Waals surface area contributed by atoms with Gasteiger partial charge in [-0.25, -0.2) is 4.98 Å². The molecule has 2 heterocycles. The van der Waals surface area contributed by atoms with Crippen LogP contribution in [0.2, 0.25) is 0 Å². The molecule has 84 valence electrons. The molecule has 1 unspecified atom stereocenters. The Kier molecular flexibility index (Phi) is 3.26. The highest BCUT2D eigenvalue weighted by Gasteiger charge is 2.21. The summed E-state index contributed by atoms with van der Waals surface area (Å²) in [6, 6.07) is 0.593. The molecule has 1 aliphatic heterocycles. The van der Waals surface area contributed by atoms with Gasteiger partial charge in [-0.05, 0) is 33.1 Å². The Balaban J connectivity index is 2.20. The molecule has 1 atom stereocenters. The van der Waals surface area contributed by atoms with E-state index in [1.807, 2.05) is 6.92 Å². The third-order valence-electron chi connectivity index (χ3n) is 3.07. The maximum Gasteiger partial charge on any atom is 0.186 e. The van der Waals surface area contributed by atoms with Crippen molar-refractivity contribution in [1.29, 1.82) is 0 Å². The van der Waals surface area contributed by atoms with Crippen LogP contribution in [0.15, 0.2) is 0 Å². The fourth-order valence-corrected chi connectivity index (χ4v) is 3.11. The molecule has 1 saturated heterocycles. The summed E-state index contributed by atoms with van der Waals surface area (Å²) in [7, 11) is 0. The van der Waals surface area contributed by atoms with E-state index >= 15 is 0 Å². The second-order valence-corrected chi connectivity index (χ2v) is 5.26. The summed E-state index contributed by atoms with van der Waals surface area (Å²) in [6.07, 6.45) is 3.85. The molecular weight excluding hydrogens is 208 g/mol. The summed E-state index contributed by atoms with van der Waals surface area (Å²) >= 11 is 1.63. The molecular formula is C11H18N2OS. The molecule has 0 amide bonds. The van der Waals surface area contributed by atoms with Crippen LogP contribution in [0.3, 0.4) is 0 Å². The van der Waals surface area contributed by atoms with Gasteiger partial charge in [-0.1, -0.05) is 11.3 Å². The molecule has 1 N–H and O–H groups in total. The Bertz CT molecular complexity index is 337. The van der Waals surface area contributed by atoms with Gasteiger partial charge in [0, 0.05) is 12.6 Å². The van der Waals surface area contributed by atoms with Crippen LogP contribution in [-0.4, -0.2) is 22.7 Å². The van der Waals surface area contributed by atoms with Crippen LogP contribution < -0.4 is 4.90 Å². The summed E-state index contributed by atoms with van der Waals surface area (Å²) in [5, 5.41) is 10.2. The largest absolute Gasteiger partial charge is 0.391 e. The zero-order valence-electron chi connectivity index (χ0n) is 9.36. The van der Waals surface area contributed by atoms with E-state index in [0.717, 1.165) is 22.2 Å². The third kappa shape index (κ3) is 2.16. The third-order valence-corrected chi connectivity index (χ3v) is 4.25. The first-order chi connectivity index (χ1) is 7.22. The van der Waals surface area contributed by atoms with Crippen molar-refractivity contribution in [2.45, 2.75) is 45.8 Å². The van der Waals surface area contributed by atoms with Gasteiger partial charge in [0.1, 0.15) is 0 Å². The number of aliphatic hydroxyl groups excluding tert-OH is 1. The van der Waals surface area contributed by atoms with Crippen molar-refractivity contribution in [3.05, 3.63) is 10.6 Å². The standard InChI is InChI=1S/C11H18N2OS/c1-8-5-3-4-6-13(8)11-12-9(2)10(7-14)15-11/h8,14H,3-7H2,1-2H3. The Morgan fingerprint density at radius 3 is 2.93 bits per heavy atom. The molecule has 0 radical (unpaired) electrons. The zero-order valence-corrected chi connectivity index (χ0v) is 10.2. The fraction of sp³-hybridized carbons (Fsp3) is 0.727. The van der Waals surface area contributed by atoms with E-state index in [1.165, 1.54) is 19.3 Å². The van der Waals surface area contributed by atoms with Crippen LogP contribution in [0, 0.1) is 6.92 Å². The van der Waals surface area contributed by atoms with Crippen molar-refractivity contribution in [2.75, 3.05) is 11.4 Å². The number of aromatic nitrogens is 1. The first-order valence-corrected chi connectivity index (χ1v) is 6.38. The van der Waals surface area contributed by atoms with Gasteiger partial charge in [0.25, 0.3) is 0 Å². The van der Waals surface area contributed by atoms with Gasteiger partial charge in [0.05, 0.1) is 17.2 Å².